The summed E-state index contributed by atoms with van der Waals surface area (Å²) in [4.78, 5) is 3.57. The van der Waals surface area contributed by atoms with Crippen molar-refractivity contribution in [2.45, 2.75) is 17.7 Å². The average Bonchev–Trinajstić information content (AvgIpc) is 3.20. The van der Waals surface area contributed by atoms with Crippen LogP contribution in [0.25, 0.3) is 0 Å². The molecule has 3 nitrogen and oxygen atoms in total. The fourth-order valence-corrected chi connectivity index (χ4v) is 5.63. The van der Waals surface area contributed by atoms with E-state index < -0.39 is 0 Å². The summed E-state index contributed by atoms with van der Waals surface area (Å²) in [5.41, 5.74) is 2.99. The Bertz CT molecular complexity index is 809. The lowest BCUT2D eigenvalue weighted by molar-refractivity contribution is 0.475. The molecule has 4 rings (SSSR count). The summed E-state index contributed by atoms with van der Waals surface area (Å²) in [6, 6.07) is 23.2. The second-order valence-corrected chi connectivity index (χ2v) is 8.74. The Kier molecular flexibility index (Phi) is 4.76. The van der Waals surface area contributed by atoms with Gasteiger partial charge in [0, 0.05) is 28.0 Å². The molecule has 132 valence electrons. The van der Waals surface area contributed by atoms with Gasteiger partial charge in [0.05, 0.1) is 0 Å². The number of benzene rings is 3. The number of phenolic OH excluding ortho intramolecular Hbond substituents is 2. The summed E-state index contributed by atoms with van der Waals surface area (Å²) in [6.45, 7) is 0. The number of hydrogen-bond donors (Lipinski definition) is 2. The molecule has 26 heavy (non-hydrogen) atoms. The highest BCUT2D eigenvalue weighted by atomic mass is 32.2. The average molecular weight is 364 g/mol. The highest BCUT2D eigenvalue weighted by Gasteiger charge is 2.26. The number of phenols is 2. The Hall–Kier alpha value is -2.59. The topological polar surface area (TPSA) is 43.7 Å². The van der Waals surface area contributed by atoms with Crippen molar-refractivity contribution in [3.63, 3.8) is 0 Å². The van der Waals surface area contributed by atoms with E-state index in [1.165, 1.54) is 29.2 Å². The molecule has 0 unspecified atom stereocenters. The molecule has 1 saturated heterocycles. The Balaban J connectivity index is 1.72. The fourth-order valence-electron chi connectivity index (χ4n) is 3.33. The van der Waals surface area contributed by atoms with Crippen LogP contribution in [0.15, 0.2) is 77.7 Å². The maximum absolute atomic E-state index is 9.62. The molecule has 0 saturated carbocycles. The Labute approximate surface area is 156 Å². The minimum Gasteiger partial charge on any atom is -0.508 e. The van der Waals surface area contributed by atoms with Gasteiger partial charge in [-0.15, -0.1) is 0 Å². The minimum absolute atomic E-state index is 0.247. The van der Waals surface area contributed by atoms with Crippen LogP contribution in [0.2, 0.25) is 0 Å². The second kappa shape index (κ2) is 7.34. The lowest BCUT2D eigenvalue weighted by Crippen LogP contribution is -2.10. The van der Waals surface area contributed by atoms with Gasteiger partial charge in [-0.25, -0.2) is 0 Å². The second-order valence-electron chi connectivity index (χ2n) is 6.47. The van der Waals surface area contributed by atoms with Crippen molar-refractivity contribution in [2.24, 2.45) is 0 Å². The molecule has 1 aliphatic rings. The number of aromatic hydroxyl groups is 2. The van der Waals surface area contributed by atoms with Crippen LogP contribution in [0, 0.1) is 0 Å². The zero-order valence-corrected chi connectivity index (χ0v) is 15.3. The first-order chi connectivity index (χ1) is 12.7. The lowest BCUT2D eigenvalue weighted by Gasteiger charge is -2.25. The van der Waals surface area contributed by atoms with E-state index in [2.05, 4.69) is 29.2 Å². The van der Waals surface area contributed by atoms with E-state index in [0.29, 0.717) is 10.9 Å². The zero-order chi connectivity index (χ0) is 17.9. The largest absolute Gasteiger partial charge is 0.508 e. The minimum atomic E-state index is 0.247. The summed E-state index contributed by atoms with van der Waals surface area (Å²) in [7, 11) is 0.408. The Morgan fingerprint density at radius 3 is 1.38 bits per heavy atom. The first kappa shape index (κ1) is 16.9. The van der Waals surface area contributed by atoms with Crippen molar-refractivity contribution < 1.29 is 10.2 Å². The van der Waals surface area contributed by atoms with Gasteiger partial charge >= 0.3 is 0 Å². The SMILES string of the molecule is Oc1ccc(N(c2ccc(O)cc2)c2ccc([S+]3CCCC3)cc2)cc1. The molecule has 3 aromatic rings. The van der Waals surface area contributed by atoms with Crippen LogP contribution in [0.4, 0.5) is 17.1 Å². The molecule has 4 heteroatoms. The van der Waals surface area contributed by atoms with Crippen molar-refractivity contribution in [3.8, 4) is 11.5 Å². The first-order valence-electron chi connectivity index (χ1n) is 8.86. The molecular formula is C22H22NO2S+. The molecule has 0 aromatic heterocycles. The normalized spacial score (nSPS) is 14.5. The summed E-state index contributed by atoms with van der Waals surface area (Å²) in [6.07, 6.45) is 2.69. The van der Waals surface area contributed by atoms with Gasteiger partial charge in [-0.2, -0.15) is 0 Å². The van der Waals surface area contributed by atoms with Crippen molar-refractivity contribution in [2.75, 3.05) is 16.4 Å². The number of hydrogen-bond acceptors (Lipinski definition) is 3. The van der Waals surface area contributed by atoms with E-state index in [1.54, 1.807) is 24.3 Å². The van der Waals surface area contributed by atoms with Crippen LogP contribution in [0.1, 0.15) is 12.8 Å². The Morgan fingerprint density at radius 1 is 0.577 bits per heavy atom. The van der Waals surface area contributed by atoms with Gasteiger partial charge in [0.2, 0.25) is 0 Å². The van der Waals surface area contributed by atoms with Crippen molar-refractivity contribution in [1.82, 2.24) is 0 Å². The van der Waals surface area contributed by atoms with E-state index in [4.69, 9.17) is 0 Å². The predicted octanol–water partition coefficient (Wildman–Crippen LogP) is 5.34. The third-order valence-electron chi connectivity index (χ3n) is 4.68. The van der Waals surface area contributed by atoms with Crippen molar-refractivity contribution in [1.29, 1.82) is 0 Å². The van der Waals surface area contributed by atoms with Crippen LogP contribution in [-0.4, -0.2) is 21.7 Å². The van der Waals surface area contributed by atoms with Crippen molar-refractivity contribution >= 4 is 28.0 Å². The van der Waals surface area contributed by atoms with Crippen molar-refractivity contribution in [3.05, 3.63) is 72.8 Å². The molecule has 3 aromatic carbocycles. The number of nitrogens with zero attached hydrogens (tertiary/aromatic N) is 1. The molecule has 0 amide bonds. The van der Waals surface area contributed by atoms with Gasteiger partial charge in [-0.05, 0) is 85.6 Å². The van der Waals surface area contributed by atoms with Crippen LogP contribution in [-0.2, 0) is 10.9 Å². The van der Waals surface area contributed by atoms with Gasteiger partial charge in [-0.1, -0.05) is 0 Å². The number of anilines is 3. The maximum atomic E-state index is 9.62. The molecule has 0 spiro atoms. The molecule has 0 radical (unpaired) electrons. The highest BCUT2D eigenvalue weighted by molar-refractivity contribution is 7.97. The van der Waals surface area contributed by atoms with E-state index in [1.807, 2.05) is 24.3 Å². The first-order valence-corrected chi connectivity index (χ1v) is 10.4. The summed E-state index contributed by atoms with van der Waals surface area (Å²) < 4.78 is 0. The van der Waals surface area contributed by atoms with Gasteiger partial charge in [0.1, 0.15) is 23.0 Å². The Morgan fingerprint density at radius 2 is 0.962 bits per heavy atom. The molecule has 0 bridgehead atoms. The van der Waals surface area contributed by atoms with Crippen LogP contribution in [0.5, 0.6) is 11.5 Å². The van der Waals surface area contributed by atoms with Gasteiger partial charge in [0.15, 0.2) is 4.90 Å². The molecular weight excluding hydrogens is 342 g/mol. The third kappa shape index (κ3) is 3.51. The fraction of sp³-hybridized carbons (Fsp3) is 0.182. The highest BCUT2D eigenvalue weighted by Crippen LogP contribution is 2.36. The molecule has 1 fully saturated rings. The molecule has 0 aliphatic carbocycles. The third-order valence-corrected chi connectivity index (χ3v) is 7.18. The molecule has 1 heterocycles. The van der Waals surface area contributed by atoms with Gasteiger partial charge in [-0.3, -0.25) is 0 Å². The van der Waals surface area contributed by atoms with E-state index in [0.717, 1.165) is 17.1 Å². The standard InChI is InChI=1S/C22H21NO2S/c24-20-9-3-17(4-10-20)23(18-5-11-21(25)12-6-18)19-7-13-22(14-8-19)26-15-1-2-16-26/h3-14H,1-2,15-16H2,(H-,24,25)/p+1. The van der Waals surface area contributed by atoms with Gasteiger partial charge < -0.3 is 15.1 Å². The molecule has 1 aliphatic heterocycles. The van der Waals surface area contributed by atoms with Gasteiger partial charge in [0.25, 0.3) is 0 Å². The van der Waals surface area contributed by atoms with Crippen LogP contribution < -0.4 is 4.90 Å². The van der Waals surface area contributed by atoms with E-state index in [-0.39, 0.29) is 11.5 Å². The maximum Gasteiger partial charge on any atom is 0.155 e. The van der Waals surface area contributed by atoms with E-state index >= 15 is 0 Å². The molecule has 0 atom stereocenters. The van der Waals surface area contributed by atoms with E-state index in [9.17, 15) is 10.2 Å². The predicted molar refractivity (Wildman–Crippen MR) is 109 cm³/mol. The van der Waals surface area contributed by atoms with Crippen LogP contribution in [0.3, 0.4) is 0 Å². The summed E-state index contributed by atoms with van der Waals surface area (Å²) in [5.74, 6) is 3.13. The summed E-state index contributed by atoms with van der Waals surface area (Å²) >= 11 is 0. The summed E-state index contributed by atoms with van der Waals surface area (Å²) in [5, 5.41) is 19.2. The number of rotatable bonds is 4. The lowest BCUT2D eigenvalue weighted by atomic mass is 10.2. The monoisotopic (exact) mass is 364 g/mol. The quantitative estimate of drug-likeness (QED) is 0.614. The molecule has 2 N–H and O–H groups in total. The van der Waals surface area contributed by atoms with Crippen LogP contribution >= 0.6 is 0 Å². The smallest absolute Gasteiger partial charge is 0.155 e. The zero-order valence-electron chi connectivity index (χ0n) is 14.5.